The van der Waals surface area contributed by atoms with E-state index in [2.05, 4.69) is 50.1 Å². The molecule has 9 nitrogen and oxygen atoms in total. The van der Waals surface area contributed by atoms with Gasteiger partial charge in [-0.15, -0.1) is 10.2 Å². The van der Waals surface area contributed by atoms with E-state index in [4.69, 9.17) is 9.57 Å². The lowest BCUT2D eigenvalue weighted by atomic mass is 10.1. The van der Waals surface area contributed by atoms with Crippen LogP contribution in [0.1, 0.15) is 26.3 Å². The summed E-state index contributed by atoms with van der Waals surface area (Å²) in [5, 5.41) is 23.3. The molecule has 3 aromatic rings. The number of azo groups is 1. The molecule has 10 heteroatoms. The van der Waals surface area contributed by atoms with E-state index in [1.807, 2.05) is 42.5 Å². The maximum Gasteiger partial charge on any atom is 0.304 e. The number of carbonyl (C=O) groups excluding carboxylic acids is 1. The molecule has 0 fully saturated rings. The van der Waals surface area contributed by atoms with Gasteiger partial charge >= 0.3 is 5.91 Å². The second-order valence-electron chi connectivity index (χ2n) is 7.48. The molecule has 1 N–H and O–H groups in total. The molecule has 1 amide bonds. The summed E-state index contributed by atoms with van der Waals surface area (Å²) in [5.74, 6) is 0.0675. The highest BCUT2D eigenvalue weighted by atomic mass is 79.9. The molecule has 1 aromatic heterocycles. The van der Waals surface area contributed by atoms with E-state index >= 15 is 0 Å². The molecule has 0 bridgehead atoms. The highest BCUT2D eigenvalue weighted by Crippen LogP contribution is 2.40. The van der Waals surface area contributed by atoms with Gasteiger partial charge in [0.2, 0.25) is 5.88 Å². The van der Waals surface area contributed by atoms with Crippen molar-refractivity contribution in [2.45, 2.75) is 27.4 Å². The lowest BCUT2D eigenvalue weighted by Crippen LogP contribution is -2.25. The van der Waals surface area contributed by atoms with Gasteiger partial charge in [0.15, 0.2) is 12.3 Å². The fourth-order valence-corrected chi connectivity index (χ4v) is 3.73. The summed E-state index contributed by atoms with van der Waals surface area (Å²) in [5.41, 5.74) is 2.47. The SMILES string of the molecule is CCN(CC)Cn1c(O)c(N=NC(=O)CO/N=C(/C)c2ccc(OC)cc2)c2cc(Br)ccc21. The Kier molecular flexibility index (Phi) is 8.78. The molecule has 2 aromatic carbocycles. The number of amides is 1. The number of benzene rings is 2. The van der Waals surface area contributed by atoms with Crippen LogP contribution in [0.15, 0.2) is 62.3 Å². The Bertz CT molecular complexity index is 1200. The van der Waals surface area contributed by atoms with Gasteiger partial charge < -0.3 is 14.7 Å². The van der Waals surface area contributed by atoms with Gasteiger partial charge in [0.1, 0.15) is 5.75 Å². The van der Waals surface area contributed by atoms with Crippen LogP contribution in [0.25, 0.3) is 10.9 Å². The first-order valence-corrected chi connectivity index (χ1v) is 11.7. The summed E-state index contributed by atoms with van der Waals surface area (Å²) < 4.78 is 7.72. The van der Waals surface area contributed by atoms with Crippen LogP contribution in [0.3, 0.4) is 0 Å². The van der Waals surface area contributed by atoms with Crippen molar-refractivity contribution in [2.75, 3.05) is 26.8 Å². The first kappa shape index (κ1) is 25.4. The number of methoxy groups -OCH3 is 1. The van der Waals surface area contributed by atoms with E-state index in [1.54, 1.807) is 18.6 Å². The van der Waals surface area contributed by atoms with Crippen LogP contribution < -0.4 is 4.74 Å². The lowest BCUT2D eigenvalue weighted by molar-refractivity contribution is -0.122. The number of halogens is 1. The van der Waals surface area contributed by atoms with Crippen LogP contribution in [0, 0.1) is 0 Å². The number of aromatic nitrogens is 1. The molecule has 1 heterocycles. The zero-order chi connectivity index (χ0) is 24.7. The Morgan fingerprint density at radius 1 is 1.15 bits per heavy atom. The van der Waals surface area contributed by atoms with Crippen molar-refractivity contribution in [1.82, 2.24) is 9.47 Å². The summed E-state index contributed by atoms with van der Waals surface area (Å²) in [4.78, 5) is 19.5. The Hall–Kier alpha value is -3.24. The Labute approximate surface area is 206 Å². The van der Waals surface area contributed by atoms with Gasteiger partial charge in [0.25, 0.3) is 0 Å². The van der Waals surface area contributed by atoms with Gasteiger partial charge in [0, 0.05) is 9.86 Å². The molecule has 0 atom stereocenters. The third-order valence-electron chi connectivity index (χ3n) is 5.37. The van der Waals surface area contributed by atoms with Crippen molar-refractivity contribution in [1.29, 1.82) is 0 Å². The molecule has 3 rings (SSSR count). The summed E-state index contributed by atoms with van der Waals surface area (Å²) >= 11 is 3.45. The molecule has 0 saturated carbocycles. The predicted octanol–water partition coefficient (Wildman–Crippen LogP) is 5.47. The Balaban J connectivity index is 1.74. The van der Waals surface area contributed by atoms with Crippen molar-refractivity contribution in [3.63, 3.8) is 0 Å². The number of nitrogens with zero attached hydrogens (tertiary/aromatic N) is 5. The third-order valence-corrected chi connectivity index (χ3v) is 5.86. The van der Waals surface area contributed by atoms with Gasteiger partial charge in [-0.25, -0.2) is 0 Å². The molecular formula is C24H28BrN5O4. The predicted molar refractivity (Wildman–Crippen MR) is 135 cm³/mol. The van der Waals surface area contributed by atoms with E-state index < -0.39 is 5.91 Å². The number of ether oxygens (including phenoxy) is 1. The molecule has 0 saturated heterocycles. The molecule has 0 spiro atoms. The number of rotatable bonds is 10. The minimum Gasteiger partial charge on any atom is -0.497 e. The van der Waals surface area contributed by atoms with Crippen molar-refractivity contribution < 1.29 is 19.5 Å². The molecule has 0 aliphatic carbocycles. The van der Waals surface area contributed by atoms with E-state index in [9.17, 15) is 9.90 Å². The van der Waals surface area contributed by atoms with Crippen molar-refractivity contribution in [3.8, 4) is 11.6 Å². The third kappa shape index (κ3) is 6.00. The maximum atomic E-state index is 12.2. The van der Waals surface area contributed by atoms with E-state index in [-0.39, 0.29) is 18.2 Å². The van der Waals surface area contributed by atoms with Crippen molar-refractivity contribution >= 4 is 44.1 Å². The first-order chi connectivity index (χ1) is 16.4. The molecular weight excluding hydrogens is 502 g/mol. The Morgan fingerprint density at radius 2 is 1.85 bits per heavy atom. The second-order valence-corrected chi connectivity index (χ2v) is 8.39. The summed E-state index contributed by atoms with van der Waals surface area (Å²) in [6, 6.07) is 12.9. The van der Waals surface area contributed by atoms with Crippen molar-refractivity contribution in [3.05, 3.63) is 52.5 Å². The van der Waals surface area contributed by atoms with E-state index in [0.717, 1.165) is 34.4 Å². The molecule has 34 heavy (non-hydrogen) atoms. The second kappa shape index (κ2) is 11.8. The van der Waals surface area contributed by atoms with Crippen LogP contribution in [-0.4, -0.2) is 53.0 Å². The molecule has 0 unspecified atom stereocenters. The molecule has 0 radical (unpaired) electrons. The summed E-state index contributed by atoms with van der Waals surface area (Å²) in [6.45, 7) is 7.66. The molecule has 180 valence electrons. The topological polar surface area (TPSA) is 101 Å². The fraction of sp³-hybridized carbons (Fsp3) is 0.333. The normalized spacial score (nSPS) is 12.1. The smallest absolute Gasteiger partial charge is 0.304 e. The fourth-order valence-electron chi connectivity index (χ4n) is 3.36. The number of carbonyl (C=O) groups is 1. The minimum absolute atomic E-state index is 0.0501. The zero-order valence-electron chi connectivity index (χ0n) is 19.7. The number of hydrogen-bond acceptors (Lipinski definition) is 7. The van der Waals surface area contributed by atoms with Crippen molar-refractivity contribution in [2.24, 2.45) is 15.4 Å². The number of hydrogen-bond donors (Lipinski definition) is 1. The Morgan fingerprint density at radius 3 is 2.50 bits per heavy atom. The van der Waals surface area contributed by atoms with Gasteiger partial charge in [-0.2, -0.15) is 0 Å². The van der Waals surface area contributed by atoms with E-state index in [0.29, 0.717) is 17.8 Å². The summed E-state index contributed by atoms with van der Waals surface area (Å²) in [6.07, 6.45) is 0. The number of aromatic hydroxyl groups is 1. The van der Waals surface area contributed by atoms with Crippen LogP contribution in [0.5, 0.6) is 11.6 Å². The van der Waals surface area contributed by atoms with Crippen LogP contribution in [0.2, 0.25) is 0 Å². The minimum atomic E-state index is -0.620. The molecule has 0 aliphatic heterocycles. The van der Waals surface area contributed by atoms with Crippen LogP contribution in [-0.2, 0) is 16.3 Å². The highest BCUT2D eigenvalue weighted by Gasteiger charge is 2.18. The molecule has 0 aliphatic rings. The van der Waals surface area contributed by atoms with Gasteiger partial charge in [-0.05, 0) is 68.0 Å². The standard InChI is InChI=1S/C24H28BrN5O4/c1-5-29(6-2)15-30-21-12-9-18(25)13-20(21)23(24(30)32)27-26-22(31)14-34-28-16(3)17-7-10-19(33-4)11-8-17/h7-13,32H,5-6,14-15H2,1-4H3/b27-26?,28-16-. The number of oxime groups is 1. The quantitative estimate of drug-likeness (QED) is 0.213. The van der Waals surface area contributed by atoms with Crippen LogP contribution >= 0.6 is 15.9 Å². The maximum absolute atomic E-state index is 12.2. The zero-order valence-corrected chi connectivity index (χ0v) is 21.2. The first-order valence-electron chi connectivity index (χ1n) is 10.9. The average molecular weight is 530 g/mol. The van der Waals surface area contributed by atoms with E-state index in [1.165, 1.54) is 0 Å². The monoisotopic (exact) mass is 529 g/mol. The van der Waals surface area contributed by atoms with Gasteiger partial charge in [-0.1, -0.05) is 34.9 Å². The number of fused-ring (bicyclic) bond motifs is 1. The van der Waals surface area contributed by atoms with Crippen LogP contribution in [0.4, 0.5) is 5.69 Å². The summed E-state index contributed by atoms with van der Waals surface area (Å²) in [7, 11) is 1.60. The average Bonchev–Trinajstić information content (AvgIpc) is 3.10. The van der Waals surface area contributed by atoms with Gasteiger partial charge in [0.05, 0.1) is 25.0 Å². The highest BCUT2D eigenvalue weighted by molar-refractivity contribution is 9.10. The van der Waals surface area contributed by atoms with Gasteiger partial charge in [-0.3, -0.25) is 14.3 Å². The lowest BCUT2D eigenvalue weighted by Gasteiger charge is -2.20. The largest absolute Gasteiger partial charge is 0.497 e.